The van der Waals surface area contributed by atoms with E-state index in [-0.39, 0.29) is 19.6 Å². The van der Waals surface area contributed by atoms with Crippen molar-refractivity contribution in [2.75, 3.05) is 20.3 Å². The van der Waals surface area contributed by atoms with Crippen LogP contribution in [-0.4, -0.2) is 43.3 Å². The monoisotopic (exact) mass is 228 g/mol. The standard InChI is InChI=1S/C9H15F3O3/c1-14-6-8(4-2-3-5-15-8)7(13)9(10,11)12/h7,13H,2-6H2,1H3. The van der Waals surface area contributed by atoms with Crippen LogP contribution in [0.5, 0.6) is 0 Å². The SMILES string of the molecule is COCC1(C(O)C(F)(F)F)CCCCO1. The van der Waals surface area contributed by atoms with Crippen LogP contribution in [0.25, 0.3) is 0 Å². The Balaban J connectivity index is 2.79. The summed E-state index contributed by atoms with van der Waals surface area (Å²) in [6, 6.07) is 0. The average Bonchev–Trinajstić information content (AvgIpc) is 2.17. The highest BCUT2D eigenvalue weighted by atomic mass is 19.4. The lowest BCUT2D eigenvalue weighted by Gasteiger charge is -2.40. The van der Waals surface area contributed by atoms with E-state index in [2.05, 4.69) is 0 Å². The number of methoxy groups -OCH3 is 1. The average molecular weight is 228 g/mol. The summed E-state index contributed by atoms with van der Waals surface area (Å²) in [5, 5.41) is 9.26. The second-order valence-electron chi connectivity index (χ2n) is 3.75. The highest BCUT2D eigenvalue weighted by Crippen LogP contribution is 2.36. The van der Waals surface area contributed by atoms with E-state index in [1.165, 1.54) is 7.11 Å². The molecule has 15 heavy (non-hydrogen) atoms. The molecular weight excluding hydrogens is 213 g/mol. The fourth-order valence-corrected chi connectivity index (χ4v) is 1.82. The fraction of sp³-hybridized carbons (Fsp3) is 1.00. The first-order chi connectivity index (χ1) is 6.92. The number of ether oxygens (including phenoxy) is 2. The number of alkyl halides is 3. The third-order valence-corrected chi connectivity index (χ3v) is 2.58. The van der Waals surface area contributed by atoms with Crippen molar-refractivity contribution in [2.45, 2.75) is 37.1 Å². The maximum absolute atomic E-state index is 12.4. The van der Waals surface area contributed by atoms with Crippen LogP contribution in [0.2, 0.25) is 0 Å². The predicted octanol–water partition coefficient (Wildman–Crippen LogP) is 1.50. The Labute approximate surface area is 86.2 Å². The van der Waals surface area contributed by atoms with Gasteiger partial charge in [-0.3, -0.25) is 0 Å². The molecule has 0 aromatic rings. The van der Waals surface area contributed by atoms with Crippen molar-refractivity contribution in [3.8, 4) is 0 Å². The predicted molar refractivity (Wildman–Crippen MR) is 46.5 cm³/mol. The molecule has 1 N–H and O–H groups in total. The van der Waals surface area contributed by atoms with Gasteiger partial charge in [0, 0.05) is 13.7 Å². The van der Waals surface area contributed by atoms with Gasteiger partial charge in [0.2, 0.25) is 0 Å². The molecule has 1 heterocycles. The second kappa shape index (κ2) is 4.67. The Hall–Kier alpha value is -0.330. The van der Waals surface area contributed by atoms with E-state index >= 15 is 0 Å². The van der Waals surface area contributed by atoms with Crippen LogP contribution in [-0.2, 0) is 9.47 Å². The van der Waals surface area contributed by atoms with Crippen molar-refractivity contribution in [1.29, 1.82) is 0 Å². The van der Waals surface area contributed by atoms with Gasteiger partial charge in [-0.15, -0.1) is 0 Å². The third kappa shape index (κ3) is 2.83. The first-order valence-electron chi connectivity index (χ1n) is 4.80. The van der Waals surface area contributed by atoms with E-state index in [0.717, 1.165) is 6.42 Å². The van der Waals surface area contributed by atoms with Crippen LogP contribution in [0.4, 0.5) is 13.2 Å². The van der Waals surface area contributed by atoms with Gasteiger partial charge in [0.15, 0.2) is 6.10 Å². The molecule has 0 aromatic heterocycles. The number of halogens is 3. The molecule has 0 aromatic carbocycles. The van der Waals surface area contributed by atoms with Crippen LogP contribution in [0, 0.1) is 0 Å². The first kappa shape index (κ1) is 12.7. The molecule has 90 valence electrons. The highest BCUT2D eigenvalue weighted by molar-refractivity contribution is 4.94. The molecule has 1 aliphatic heterocycles. The van der Waals surface area contributed by atoms with E-state index in [1.54, 1.807) is 0 Å². The van der Waals surface area contributed by atoms with Crippen molar-refractivity contribution in [3.05, 3.63) is 0 Å². The summed E-state index contributed by atoms with van der Waals surface area (Å²) in [5.74, 6) is 0. The highest BCUT2D eigenvalue weighted by Gasteiger charge is 2.54. The van der Waals surface area contributed by atoms with Gasteiger partial charge >= 0.3 is 6.18 Å². The molecule has 1 fully saturated rings. The van der Waals surface area contributed by atoms with Gasteiger partial charge < -0.3 is 14.6 Å². The van der Waals surface area contributed by atoms with Gasteiger partial charge in [-0.05, 0) is 19.3 Å². The number of aliphatic hydroxyl groups is 1. The van der Waals surface area contributed by atoms with Crippen LogP contribution in [0.1, 0.15) is 19.3 Å². The van der Waals surface area contributed by atoms with Crippen molar-refractivity contribution >= 4 is 0 Å². The quantitative estimate of drug-likeness (QED) is 0.795. The maximum atomic E-state index is 12.4. The zero-order valence-electron chi connectivity index (χ0n) is 8.51. The zero-order chi connectivity index (χ0) is 11.5. The summed E-state index contributed by atoms with van der Waals surface area (Å²) in [7, 11) is 1.29. The van der Waals surface area contributed by atoms with Crippen molar-refractivity contribution in [1.82, 2.24) is 0 Å². The zero-order valence-corrected chi connectivity index (χ0v) is 8.51. The third-order valence-electron chi connectivity index (χ3n) is 2.58. The topological polar surface area (TPSA) is 38.7 Å². The van der Waals surface area contributed by atoms with E-state index in [0.29, 0.717) is 6.42 Å². The first-order valence-corrected chi connectivity index (χ1v) is 4.80. The Morgan fingerprint density at radius 2 is 2.13 bits per heavy atom. The Morgan fingerprint density at radius 1 is 1.47 bits per heavy atom. The van der Waals surface area contributed by atoms with Gasteiger partial charge in [0.1, 0.15) is 5.60 Å². The minimum Gasteiger partial charge on any atom is -0.382 e. The summed E-state index contributed by atoms with van der Waals surface area (Å²) in [5.41, 5.74) is -1.62. The summed E-state index contributed by atoms with van der Waals surface area (Å²) in [6.07, 6.45) is -5.66. The van der Waals surface area contributed by atoms with Crippen molar-refractivity contribution in [3.63, 3.8) is 0 Å². The molecule has 0 radical (unpaired) electrons. The summed E-state index contributed by atoms with van der Waals surface area (Å²) in [6.45, 7) is -0.00975. The molecule has 0 spiro atoms. The van der Waals surface area contributed by atoms with E-state index < -0.39 is 17.9 Å². The van der Waals surface area contributed by atoms with Crippen LogP contribution < -0.4 is 0 Å². The Morgan fingerprint density at radius 3 is 2.53 bits per heavy atom. The van der Waals surface area contributed by atoms with Gasteiger partial charge in [-0.1, -0.05) is 0 Å². The lowest BCUT2D eigenvalue weighted by molar-refractivity contribution is -0.283. The van der Waals surface area contributed by atoms with Crippen LogP contribution >= 0.6 is 0 Å². The molecule has 0 aliphatic carbocycles. The largest absolute Gasteiger partial charge is 0.417 e. The maximum Gasteiger partial charge on any atom is 0.417 e. The van der Waals surface area contributed by atoms with E-state index in [1.807, 2.05) is 0 Å². The molecule has 2 unspecified atom stereocenters. The van der Waals surface area contributed by atoms with E-state index in [4.69, 9.17) is 9.47 Å². The molecule has 1 rings (SSSR count). The summed E-state index contributed by atoms with van der Waals surface area (Å²) in [4.78, 5) is 0. The van der Waals surface area contributed by atoms with Crippen molar-refractivity contribution in [2.24, 2.45) is 0 Å². The molecule has 3 nitrogen and oxygen atoms in total. The number of aliphatic hydroxyl groups excluding tert-OH is 1. The minimum absolute atomic E-state index is 0.168. The smallest absolute Gasteiger partial charge is 0.382 e. The van der Waals surface area contributed by atoms with Gasteiger partial charge in [0.05, 0.1) is 6.61 Å². The lowest BCUT2D eigenvalue weighted by Crippen LogP contribution is -2.56. The molecule has 6 heteroatoms. The minimum atomic E-state index is -4.67. The summed E-state index contributed by atoms with van der Waals surface area (Å²) >= 11 is 0. The fourth-order valence-electron chi connectivity index (χ4n) is 1.82. The molecule has 0 saturated carbocycles. The lowest BCUT2D eigenvalue weighted by atomic mass is 9.88. The Bertz CT molecular complexity index is 194. The second-order valence-corrected chi connectivity index (χ2v) is 3.75. The van der Waals surface area contributed by atoms with Gasteiger partial charge in [-0.25, -0.2) is 0 Å². The molecule has 0 bridgehead atoms. The molecule has 0 amide bonds. The van der Waals surface area contributed by atoms with Crippen LogP contribution in [0.15, 0.2) is 0 Å². The number of hydrogen-bond acceptors (Lipinski definition) is 3. The van der Waals surface area contributed by atoms with Crippen LogP contribution in [0.3, 0.4) is 0 Å². The van der Waals surface area contributed by atoms with Gasteiger partial charge in [0.25, 0.3) is 0 Å². The molecule has 1 saturated heterocycles. The van der Waals surface area contributed by atoms with Gasteiger partial charge in [-0.2, -0.15) is 13.2 Å². The number of rotatable bonds is 3. The summed E-state index contributed by atoms with van der Waals surface area (Å²) < 4.78 is 47.1. The number of hydrogen-bond donors (Lipinski definition) is 1. The normalized spacial score (nSPS) is 30.2. The van der Waals surface area contributed by atoms with Crippen molar-refractivity contribution < 1.29 is 27.8 Å². The molecular formula is C9H15F3O3. The van der Waals surface area contributed by atoms with E-state index in [9.17, 15) is 18.3 Å². The molecule has 1 aliphatic rings. The molecule has 2 atom stereocenters. The Kier molecular flexibility index (Phi) is 3.97.